The maximum Gasteiger partial charge on any atom is 0.337 e. The number of amides is 2. The van der Waals surface area contributed by atoms with E-state index in [-0.39, 0.29) is 26.6 Å². The van der Waals surface area contributed by atoms with Crippen molar-refractivity contribution in [2.24, 2.45) is 0 Å². The molecule has 1 N–H and O–H groups in total. The van der Waals surface area contributed by atoms with Crippen LogP contribution < -0.4 is 10.2 Å². The summed E-state index contributed by atoms with van der Waals surface area (Å²) >= 11 is 0. The molecule has 0 spiro atoms. The molecule has 0 radical (unpaired) electrons. The Kier molecular flexibility index (Phi) is 5.97. The number of nitrogens with zero attached hydrogens (tertiary/aromatic N) is 1. The fourth-order valence-electron chi connectivity index (χ4n) is 3.77. The van der Waals surface area contributed by atoms with Crippen LogP contribution in [0.3, 0.4) is 0 Å². The molecule has 0 fully saturated rings. The molecule has 1 aliphatic heterocycles. The number of nitrogens with one attached hydrogen (secondary N) is 1. The van der Waals surface area contributed by atoms with E-state index < -0.39 is 34.2 Å². The maximum absolute atomic E-state index is 13.5. The largest absolute Gasteiger partial charge is 0.465 e. The molecule has 0 aliphatic carbocycles. The SMILES string of the molecule is COC(=O)c1ccc2c(c1)N(CC(=O)Nc1ccc(C)c(C)c1)C(=O)c1ccccc1S2(=O)=O. The molecule has 8 nitrogen and oxygen atoms in total. The van der Waals surface area contributed by atoms with Crippen LogP contribution in [0.1, 0.15) is 31.8 Å². The summed E-state index contributed by atoms with van der Waals surface area (Å²) in [6.45, 7) is 3.40. The van der Waals surface area contributed by atoms with Gasteiger partial charge in [-0.1, -0.05) is 18.2 Å². The van der Waals surface area contributed by atoms with Gasteiger partial charge in [-0.25, -0.2) is 13.2 Å². The highest BCUT2D eigenvalue weighted by atomic mass is 32.2. The van der Waals surface area contributed by atoms with E-state index in [9.17, 15) is 22.8 Å². The average molecular weight is 479 g/mol. The fraction of sp³-hybridized carbons (Fsp3) is 0.160. The number of sulfone groups is 1. The third-order valence-corrected chi connectivity index (χ3v) is 7.56. The van der Waals surface area contributed by atoms with E-state index in [1.807, 2.05) is 19.9 Å². The number of aryl methyl sites for hydroxylation is 2. The normalized spacial score (nSPS) is 14.0. The first-order valence-corrected chi connectivity index (χ1v) is 11.9. The molecule has 0 aromatic heterocycles. The van der Waals surface area contributed by atoms with Gasteiger partial charge < -0.3 is 10.1 Å². The third-order valence-electron chi connectivity index (χ3n) is 5.70. The molecular weight excluding hydrogens is 456 g/mol. The molecule has 1 heterocycles. The van der Waals surface area contributed by atoms with Gasteiger partial charge in [-0.05, 0) is 67.4 Å². The number of esters is 1. The number of carbonyl (C=O) groups excluding carboxylic acids is 3. The van der Waals surface area contributed by atoms with Gasteiger partial charge in [0.25, 0.3) is 5.91 Å². The molecule has 9 heteroatoms. The van der Waals surface area contributed by atoms with Crippen LogP contribution in [-0.2, 0) is 19.4 Å². The predicted octanol–water partition coefficient (Wildman–Crippen LogP) is 3.52. The van der Waals surface area contributed by atoms with Crippen LogP contribution in [0.25, 0.3) is 0 Å². The van der Waals surface area contributed by atoms with Crippen molar-refractivity contribution >= 4 is 39.0 Å². The topological polar surface area (TPSA) is 110 Å². The van der Waals surface area contributed by atoms with Gasteiger partial charge in [0.05, 0.1) is 33.7 Å². The van der Waals surface area contributed by atoms with Gasteiger partial charge in [0.15, 0.2) is 0 Å². The van der Waals surface area contributed by atoms with E-state index in [0.717, 1.165) is 16.0 Å². The summed E-state index contributed by atoms with van der Waals surface area (Å²) in [6.07, 6.45) is 0. The van der Waals surface area contributed by atoms with Gasteiger partial charge >= 0.3 is 5.97 Å². The van der Waals surface area contributed by atoms with Crippen LogP contribution in [0.2, 0.25) is 0 Å². The van der Waals surface area contributed by atoms with Gasteiger partial charge in [-0.15, -0.1) is 0 Å². The summed E-state index contributed by atoms with van der Waals surface area (Å²) in [4.78, 5) is 39.3. The number of methoxy groups -OCH3 is 1. The molecule has 0 atom stereocenters. The summed E-state index contributed by atoms with van der Waals surface area (Å²) in [6, 6.07) is 15.1. The van der Waals surface area contributed by atoms with Crippen molar-refractivity contribution in [1.82, 2.24) is 0 Å². The molecule has 2 amide bonds. The van der Waals surface area contributed by atoms with Crippen molar-refractivity contribution in [3.63, 3.8) is 0 Å². The molecule has 1 aliphatic rings. The maximum atomic E-state index is 13.5. The summed E-state index contributed by atoms with van der Waals surface area (Å²) in [5.41, 5.74) is 2.52. The lowest BCUT2D eigenvalue weighted by Gasteiger charge is -2.23. The number of carbonyl (C=O) groups is 3. The highest BCUT2D eigenvalue weighted by molar-refractivity contribution is 7.91. The van der Waals surface area contributed by atoms with Crippen LogP contribution in [0, 0.1) is 13.8 Å². The Hall–Kier alpha value is -3.98. The summed E-state index contributed by atoms with van der Waals surface area (Å²) in [7, 11) is -2.91. The van der Waals surface area contributed by atoms with Crippen molar-refractivity contribution in [3.05, 3.63) is 82.9 Å². The highest BCUT2D eigenvalue weighted by Crippen LogP contribution is 2.37. The van der Waals surface area contributed by atoms with Crippen molar-refractivity contribution in [2.45, 2.75) is 23.6 Å². The molecule has 3 aromatic rings. The Morgan fingerprint density at radius 1 is 0.941 bits per heavy atom. The summed E-state index contributed by atoms with van der Waals surface area (Å²) in [5, 5.41) is 2.75. The molecule has 0 saturated heterocycles. The number of hydrogen-bond acceptors (Lipinski definition) is 6. The van der Waals surface area contributed by atoms with Gasteiger partial charge in [0.2, 0.25) is 15.7 Å². The van der Waals surface area contributed by atoms with E-state index >= 15 is 0 Å². The Morgan fingerprint density at radius 2 is 1.68 bits per heavy atom. The van der Waals surface area contributed by atoms with E-state index in [0.29, 0.717) is 5.69 Å². The average Bonchev–Trinajstić information content (AvgIpc) is 2.89. The molecule has 3 aromatic carbocycles. The smallest absolute Gasteiger partial charge is 0.337 e. The number of rotatable bonds is 4. The lowest BCUT2D eigenvalue weighted by molar-refractivity contribution is -0.114. The fourth-order valence-corrected chi connectivity index (χ4v) is 5.40. The third kappa shape index (κ3) is 4.06. The zero-order valence-corrected chi connectivity index (χ0v) is 19.6. The number of hydrogen-bond donors (Lipinski definition) is 1. The lowest BCUT2D eigenvalue weighted by atomic mass is 10.1. The minimum Gasteiger partial charge on any atom is -0.465 e. The van der Waals surface area contributed by atoms with E-state index in [1.54, 1.807) is 18.2 Å². The molecule has 0 saturated carbocycles. The summed E-state index contributed by atoms with van der Waals surface area (Å²) in [5.74, 6) is -1.90. The molecule has 34 heavy (non-hydrogen) atoms. The summed E-state index contributed by atoms with van der Waals surface area (Å²) < 4.78 is 31.6. The van der Waals surface area contributed by atoms with Crippen LogP contribution in [0.4, 0.5) is 11.4 Å². The van der Waals surface area contributed by atoms with Crippen molar-refractivity contribution in [1.29, 1.82) is 0 Å². The first-order valence-electron chi connectivity index (χ1n) is 10.4. The number of ether oxygens (including phenoxy) is 1. The monoisotopic (exact) mass is 478 g/mol. The lowest BCUT2D eigenvalue weighted by Crippen LogP contribution is -2.38. The highest BCUT2D eigenvalue weighted by Gasteiger charge is 2.36. The van der Waals surface area contributed by atoms with Crippen LogP contribution in [0.5, 0.6) is 0 Å². The molecule has 174 valence electrons. The Balaban J connectivity index is 1.82. The second-order valence-corrected chi connectivity index (χ2v) is 9.80. The Morgan fingerprint density at radius 3 is 2.38 bits per heavy atom. The second-order valence-electron chi connectivity index (χ2n) is 7.91. The standard InChI is InChI=1S/C25H22N2O6S/c1-15-8-10-18(12-16(15)2)26-23(28)14-27-20-13-17(25(30)33-3)9-11-22(20)34(31,32)21-7-5-4-6-19(21)24(27)29/h4-13H,14H2,1-3H3,(H,26,28). The quantitative estimate of drug-likeness (QED) is 0.575. The minimum absolute atomic E-state index is 0.0507. The van der Waals surface area contributed by atoms with Crippen LogP contribution in [0.15, 0.2) is 70.5 Å². The van der Waals surface area contributed by atoms with E-state index in [1.165, 1.54) is 43.5 Å². The van der Waals surface area contributed by atoms with Crippen LogP contribution >= 0.6 is 0 Å². The molecule has 0 bridgehead atoms. The number of benzene rings is 3. The predicted molar refractivity (Wildman–Crippen MR) is 126 cm³/mol. The van der Waals surface area contributed by atoms with Gasteiger partial charge in [0.1, 0.15) is 6.54 Å². The van der Waals surface area contributed by atoms with Crippen molar-refractivity contribution in [3.8, 4) is 0 Å². The zero-order valence-electron chi connectivity index (χ0n) is 18.8. The minimum atomic E-state index is -4.10. The van der Waals surface area contributed by atoms with Gasteiger partial charge in [-0.3, -0.25) is 14.5 Å². The first kappa shape index (κ1) is 23.2. The van der Waals surface area contributed by atoms with Gasteiger partial charge in [-0.2, -0.15) is 0 Å². The zero-order chi connectivity index (χ0) is 24.6. The number of fused-ring (bicyclic) bond motifs is 2. The molecular formula is C25H22N2O6S. The number of anilines is 2. The Labute approximate surface area is 197 Å². The van der Waals surface area contributed by atoms with Crippen molar-refractivity contribution in [2.75, 3.05) is 23.9 Å². The van der Waals surface area contributed by atoms with Crippen molar-refractivity contribution < 1.29 is 27.5 Å². The first-order chi connectivity index (χ1) is 16.1. The molecule has 0 unspecified atom stereocenters. The van der Waals surface area contributed by atoms with Gasteiger partial charge in [0, 0.05) is 5.69 Å². The van der Waals surface area contributed by atoms with E-state index in [4.69, 9.17) is 4.74 Å². The van der Waals surface area contributed by atoms with Crippen LogP contribution in [-0.4, -0.2) is 39.9 Å². The second kappa shape index (κ2) is 8.75. The molecule has 4 rings (SSSR count). The van der Waals surface area contributed by atoms with E-state index in [2.05, 4.69) is 5.32 Å². The Bertz CT molecular complexity index is 1450.